The number of ether oxygens (including phenoxy) is 1. The summed E-state index contributed by atoms with van der Waals surface area (Å²) in [6, 6.07) is 23.2. The SMILES string of the molecule is COc1ccc(-c2cc(C(=O)Nc3ccc(-c4nc5ccc(C)cc5s4)cc3)[nH]n2)cc1. The van der Waals surface area contributed by atoms with Crippen molar-refractivity contribution in [3.05, 3.63) is 84.1 Å². The summed E-state index contributed by atoms with van der Waals surface area (Å²) >= 11 is 1.66. The first-order valence-electron chi connectivity index (χ1n) is 10.1. The van der Waals surface area contributed by atoms with E-state index in [0.29, 0.717) is 17.1 Å². The van der Waals surface area contributed by atoms with Crippen LogP contribution in [0.1, 0.15) is 16.1 Å². The molecule has 0 bridgehead atoms. The average Bonchev–Trinajstić information content (AvgIpc) is 3.47. The number of anilines is 1. The topological polar surface area (TPSA) is 79.9 Å². The van der Waals surface area contributed by atoms with Crippen molar-refractivity contribution in [1.82, 2.24) is 15.2 Å². The molecule has 32 heavy (non-hydrogen) atoms. The number of carbonyl (C=O) groups excluding carboxylic acids is 1. The summed E-state index contributed by atoms with van der Waals surface area (Å²) in [5.74, 6) is 0.520. The molecule has 0 radical (unpaired) electrons. The number of fused-ring (bicyclic) bond motifs is 1. The smallest absolute Gasteiger partial charge is 0.273 e. The van der Waals surface area contributed by atoms with Crippen LogP contribution in [0.15, 0.2) is 72.8 Å². The fourth-order valence-corrected chi connectivity index (χ4v) is 4.47. The second kappa shape index (κ2) is 8.28. The molecule has 3 aromatic carbocycles. The van der Waals surface area contributed by atoms with E-state index in [0.717, 1.165) is 27.4 Å². The van der Waals surface area contributed by atoms with Crippen LogP contribution in [0.4, 0.5) is 5.69 Å². The minimum atomic E-state index is -0.250. The van der Waals surface area contributed by atoms with E-state index in [2.05, 4.69) is 34.6 Å². The summed E-state index contributed by atoms with van der Waals surface area (Å²) < 4.78 is 6.35. The third-order valence-corrected chi connectivity index (χ3v) is 6.21. The van der Waals surface area contributed by atoms with Gasteiger partial charge in [-0.1, -0.05) is 6.07 Å². The van der Waals surface area contributed by atoms with Gasteiger partial charge >= 0.3 is 0 Å². The van der Waals surface area contributed by atoms with Crippen molar-refractivity contribution in [3.63, 3.8) is 0 Å². The summed E-state index contributed by atoms with van der Waals surface area (Å²) in [5, 5.41) is 10.9. The maximum atomic E-state index is 12.7. The van der Waals surface area contributed by atoms with E-state index >= 15 is 0 Å². The number of nitrogens with one attached hydrogen (secondary N) is 2. The Morgan fingerprint density at radius 3 is 2.47 bits per heavy atom. The second-order valence-electron chi connectivity index (χ2n) is 7.42. The largest absolute Gasteiger partial charge is 0.497 e. The van der Waals surface area contributed by atoms with E-state index in [4.69, 9.17) is 9.72 Å². The minimum Gasteiger partial charge on any atom is -0.497 e. The van der Waals surface area contributed by atoms with Crippen molar-refractivity contribution < 1.29 is 9.53 Å². The number of hydrogen-bond donors (Lipinski definition) is 2. The van der Waals surface area contributed by atoms with Gasteiger partial charge in [-0.3, -0.25) is 9.89 Å². The predicted octanol–water partition coefficient (Wildman–Crippen LogP) is 5.92. The maximum absolute atomic E-state index is 12.7. The first-order valence-corrected chi connectivity index (χ1v) is 10.9. The molecule has 2 N–H and O–H groups in total. The highest BCUT2D eigenvalue weighted by molar-refractivity contribution is 7.21. The van der Waals surface area contributed by atoms with Crippen LogP contribution in [0.25, 0.3) is 32.0 Å². The summed E-state index contributed by atoms with van der Waals surface area (Å²) in [6.45, 7) is 2.08. The van der Waals surface area contributed by atoms with Crippen molar-refractivity contribution in [2.45, 2.75) is 6.92 Å². The Hall–Kier alpha value is -3.97. The van der Waals surface area contributed by atoms with Gasteiger partial charge in [0.05, 0.1) is 23.0 Å². The molecule has 0 aliphatic carbocycles. The van der Waals surface area contributed by atoms with Crippen LogP contribution >= 0.6 is 11.3 Å². The fraction of sp³-hybridized carbons (Fsp3) is 0.0800. The summed E-state index contributed by atoms with van der Waals surface area (Å²) in [7, 11) is 1.62. The lowest BCUT2D eigenvalue weighted by molar-refractivity contribution is 0.102. The Morgan fingerprint density at radius 1 is 0.969 bits per heavy atom. The normalized spacial score (nSPS) is 10.9. The molecule has 5 aromatic rings. The molecule has 7 heteroatoms. The number of carbonyl (C=O) groups is 1. The third kappa shape index (κ3) is 3.98. The highest BCUT2D eigenvalue weighted by Crippen LogP contribution is 2.31. The molecule has 0 aliphatic rings. The first-order chi connectivity index (χ1) is 15.6. The number of aryl methyl sites for hydroxylation is 1. The molecule has 5 rings (SSSR count). The summed E-state index contributed by atoms with van der Waals surface area (Å²) in [5.41, 5.74) is 5.93. The van der Waals surface area contributed by atoms with Gasteiger partial charge in [-0.25, -0.2) is 4.98 Å². The predicted molar refractivity (Wildman–Crippen MR) is 128 cm³/mol. The maximum Gasteiger partial charge on any atom is 0.273 e. The lowest BCUT2D eigenvalue weighted by Crippen LogP contribution is -2.12. The molecule has 0 fully saturated rings. The van der Waals surface area contributed by atoms with Crippen molar-refractivity contribution >= 4 is 33.1 Å². The Balaban J connectivity index is 1.30. The molecule has 158 valence electrons. The van der Waals surface area contributed by atoms with Gasteiger partial charge in [-0.15, -0.1) is 11.3 Å². The van der Waals surface area contributed by atoms with Crippen molar-refractivity contribution in [1.29, 1.82) is 0 Å². The molecule has 0 aliphatic heterocycles. The number of benzene rings is 3. The zero-order valence-corrected chi connectivity index (χ0v) is 18.4. The number of amides is 1. The van der Waals surface area contributed by atoms with E-state index in [-0.39, 0.29) is 5.91 Å². The highest BCUT2D eigenvalue weighted by atomic mass is 32.1. The molecule has 2 heterocycles. The Bertz CT molecular complexity index is 1400. The molecule has 2 aromatic heterocycles. The van der Waals surface area contributed by atoms with E-state index in [9.17, 15) is 4.79 Å². The Morgan fingerprint density at radius 2 is 1.72 bits per heavy atom. The number of H-pyrrole nitrogens is 1. The van der Waals surface area contributed by atoms with Crippen LogP contribution in [0, 0.1) is 6.92 Å². The molecular weight excluding hydrogens is 420 g/mol. The molecule has 6 nitrogen and oxygen atoms in total. The summed E-state index contributed by atoms with van der Waals surface area (Å²) in [6.07, 6.45) is 0. The van der Waals surface area contributed by atoms with Crippen LogP contribution < -0.4 is 10.1 Å². The quantitative estimate of drug-likeness (QED) is 0.355. The van der Waals surface area contributed by atoms with Gasteiger partial charge in [-0.2, -0.15) is 5.10 Å². The van der Waals surface area contributed by atoms with Crippen LogP contribution in [-0.2, 0) is 0 Å². The van der Waals surface area contributed by atoms with Crippen LogP contribution in [0.5, 0.6) is 5.75 Å². The molecule has 0 saturated heterocycles. The van der Waals surface area contributed by atoms with E-state index < -0.39 is 0 Å². The van der Waals surface area contributed by atoms with Crippen LogP contribution in [0.2, 0.25) is 0 Å². The standard InChI is InChI=1S/C25H20N4O2S/c1-15-3-12-20-23(13-15)32-25(27-20)17-4-8-18(9-5-17)26-24(30)22-14-21(28-29-22)16-6-10-19(31-2)11-7-16/h3-14H,1-2H3,(H,26,30)(H,28,29). The lowest BCUT2D eigenvalue weighted by atomic mass is 10.1. The molecule has 1 amide bonds. The van der Waals surface area contributed by atoms with E-state index in [1.165, 1.54) is 10.3 Å². The van der Waals surface area contributed by atoms with Crippen molar-refractivity contribution in [2.24, 2.45) is 0 Å². The average molecular weight is 441 g/mol. The van der Waals surface area contributed by atoms with Gasteiger partial charge in [0.15, 0.2) is 0 Å². The first kappa shape index (κ1) is 20.0. The van der Waals surface area contributed by atoms with Crippen molar-refractivity contribution in [2.75, 3.05) is 12.4 Å². The van der Waals surface area contributed by atoms with Gasteiger partial charge in [0, 0.05) is 16.8 Å². The molecule has 0 spiro atoms. The summed E-state index contributed by atoms with van der Waals surface area (Å²) in [4.78, 5) is 17.4. The third-order valence-electron chi connectivity index (χ3n) is 5.14. The van der Waals surface area contributed by atoms with E-state index in [1.807, 2.05) is 54.6 Å². The second-order valence-corrected chi connectivity index (χ2v) is 8.45. The number of hydrogen-bond acceptors (Lipinski definition) is 5. The van der Waals surface area contributed by atoms with Crippen molar-refractivity contribution in [3.8, 4) is 27.6 Å². The fourth-order valence-electron chi connectivity index (χ4n) is 3.40. The molecule has 0 atom stereocenters. The van der Waals surface area contributed by atoms with Gasteiger partial charge in [0.25, 0.3) is 5.91 Å². The zero-order chi connectivity index (χ0) is 22.1. The van der Waals surface area contributed by atoms with Gasteiger partial charge in [0.2, 0.25) is 0 Å². The number of methoxy groups -OCH3 is 1. The highest BCUT2D eigenvalue weighted by Gasteiger charge is 2.12. The number of aromatic nitrogens is 3. The molecular formula is C25H20N4O2S. The van der Waals surface area contributed by atoms with Crippen LogP contribution in [0.3, 0.4) is 0 Å². The molecule has 0 saturated carbocycles. The Labute approximate surface area is 188 Å². The van der Waals surface area contributed by atoms with Crippen LogP contribution in [-0.4, -0.2) is 28.2 Å². The van der Waals surface area contributed by atoms with E-state index in [1.54, 1.807) is 24.5 Å². The number of aromatic amines is 1. The Kier molecular flexibility index (Phi) is 5.17. The number of thiazole rings is 1. The monoisotopic (exact) mass is 440 g/mol. The number of rotatable bonds is 5. The lowest BCUT2D eigenvalue weighted by Gasteiger charge is -2.04. The zero-order valence-electron chi connectivity index (χ0n) is 17.5. The molecule has 0 unspecified atom stereocenters. The minimum absolute atomic E-state index is 0.250. The van der Waals surface area contributed by atoms with Gasteiger partial charge < -0.3 is 10.1 Å². The van der Waals surface area contributed by atoms with Gasteiger partial charge in [-0.05, 0) is 79.2 Å². The van der Waals surface area contributed by atoms with Gasteiger partial charge in [0.1, 0.15) is 16.5 Å². The number of nitrogens with zero attached hydrogens (tertiary/aromatic N) is 2.